The lowest BCUT2D eigenvalue weighted by Gasteiger charge is -2.21. The van der Waals surface area contributed by atoms with E-state index >= 15 is 0 Å². The molecule has 0 aliphatic rings. The van der Waals surface area contributed by atoms with Crippen LogP contribution in [0.5, 0.6) is 5.75 Å². The predicted molar refractivity (Wildman–Crippen MR) is 88.7 cm³/mol. The fourth-order valence-corrected chi connectivity index (χ4v) is 3.63. The van der Waals surface area contributed by atoms with Gasteiger partial charge in [0.05, 0.1) is 0 Å². The van der Waals surface area contributed by atoms with Gasteiger partial charge in [-0.15, -0.1) is 0 Å². The normalized spacial score (nSPS) is 14.4. The van der Waals surface area contributed by atoms with Gasteiger partial charge in [-0.1, -0.05) is 18.2 Å². The van der Waals surface area contributed by atoms with Crippen LogP contribution in [0.1, 0.15) is 0 Å². The molecular weight excluding hydrogens is 419 g/mol. The average molecular weight is 431 g/mol. The summed E-state index contributed by atoms with van der Waals surface area (Å²) in [4.78, 5) is -0.150. The van der Waals surface area contributed by atoms with E-state index in [2.05, 4.69) is 9.61 Å². The standard InChI is InChI=1S/C15H12F6NO3PS/c16-14(17,18)10-24-26(23,25-12-4-2-1-3-5-12)22-11-6-8-13(9-7-11)27-15(19,20)21/h1-9H,10H2,(H,22,23)/t26-/m1/s1. The molecule has 2 aromatic carbocycles. The lowest BCUT2D eigenvalue weighted by molar-refractivity contribution is -0.154. The molecule has 0 aliphatic heterocycles. The Labute approximate surface area is 154 Å². The van der Waals surface area contributed by atoms with E-state index in [0.717, 1.165) is 24.3 Å². The smallest absolute Gasteiger partial charge is 0.409 e. The molecule has 0 saturated carbocycles. The second-order valence-electron chi connectivity index (χ2n) is 4.97. The molecule has 0 radical (unpaired) electrons. The Morgan fingerprint density at radius 2 is 1.52 bits per heavy atom. The van der Waals surface area contributed by atoms with Crippen LogP contribution in [-0.2, 0) is 9.09 Å². The fraction of sp³-hybridized carbons (Fsp3) is 0.200. The zero-order valence-electron chi connectivity index (χ0n) is 13.3. The summed E-state index contributed by atoms with van der Waals surface area (Å²) in [6.45, 7) is -1.84. The molecule has 4 nitrogen and oxygen atoms in total. The van der Waals surface area contributed by atoms with Gasteiger partial charge in [0.2, 0.25) is 0 Å². The van der Waals surface area contributed by atoms with E-state index in [0.29, 0.717) is 0 Å². The first-order valence-corrected chi connectivity index (χ1v) is 9.50. The van der Waals surface area contributed by atoms with Crippen molar-refractivity contribution in [3.8, 4) is 5.75 Å². The highest BCUT2D eigenvalue weighted by atomic mass is 32.2. The van der Waals surface area contributed by atoms with Crippen molar-refractivity contribution < 1.29 is 40.0 Å². The largest absolute Gasteiger partial charge is 0.486 e. The van der Waals surface area contributed by atoms with Crippen LogP contribution in [0.15, 0.2) is 59.5 Å². The summed E-state index contributed by atoms with van der Waals surface area (Å²) < 4.78 is 96.4. The maximum atomic E-state index is 12.7. The first kappa shape index (κ1) is 21.5. The van der Waals surface area contributed by atoms with Crippen molar-refractivity contribution in [3.63, 3.8) is 0 Å². The molecule has 0 aromatic heterocycles. The van der Waals surface area contributed by atoms with Crippen LogP contribution < -0.4 is 9.61 Å². The van der Waals surface area contributed by atoms with Crippen LogP contribution >= 0.6 is 19.5 Å². The molecule has 2 aromatic rings. The van der Waals surface area contributed by atoms with Gasteiger partial charge < -0.3 is 4.52 Å². The number of para-hydroxylation sites is 1. The molecule has 0 aliphatic carbocycles. The second-order valence-corrected chi connectivity index (χ2v) is 7.77. The van der Waals surface area contributed by atoms with Gasteiger partial charge in [-0.3, -0.25) is 9.61 Å². The fourth-order valence-electron chi connectivity index (χ4n) is 1.75. The summed E-state index contributed by atoms with van der Waals surface area (Å²) >= 11 is -0.364. The quantitative estimate of drug-likeness (QED) is 0.309. The zero-order valence-corrected chi connectivity index (χ0v) is 15.0. The van der Waals surface area contributed by atoms with Crippen LogP contribution in [0.25, 0.3) is 0 Å². The molecule has 2 rings (SSSR count). The Bertz CT molecular complexity index is 783. The van der Waals surface area contributed by atoms with Crippen LogP contribution in [0, 0.1) is 0 Å². The number of halogens is 6. The molecule has 0 fully saturated rings. The minimum absolute atomic E-state index is 0.0141. The Kier molecular flexibility index (Phi) is 6.72. The summed E-state index contributed by atoms with van der Waals surface area (Å²) in [5.74, 6) is -0.0141. The van der Waals surface area contributed by atoms with Gasteiger partial charge in [0.25, 0.3) is 0 Å². The van der Waals surface area contributed by atoms with E-state index in [4.69, 9.17) is 4.52 Å². The van der Waals surface area contributed by atoms with Gasteiger partial charge in [-0.25, -0.2) is 4.57 Å². The van der Waals surface area contributed by atoms with Gasteiger partial charge in [-0.05, 0) is 48.2 Å². The maximum absolute atomic E-state index is 12.7. The third-order valence-corrected chi connectivity index (χ3v) is 4.91. The van der Waals surface area contributed by atoms with Crippen molar-refractivity contribution in [2.24, 2.45) is 0 Å². The monoisotopic (exact) mass is 431 g/mol. The molecule has 12 heteroatoms. The summed E-state index contributed by atoms with van der Waals surface area (Å²) in [6, 6.07) is 11.7. The van der Waals surface area contributed by atoms with Crippen molar-refractivity contribution >= 4 is 25.2 Å². The van der Waals surface area contributed by atoms with Gasteiger partial charge in [0, 0.05) is 10.6 Å². The van der Waals surface area contributed by atoms with Gasteiger partial charge in [0.15, 0.2) is 6.61 Å². The van der Waals surface area contributed by atoms with Gasteiger partial charge in [0.1, 0.15) is 5.75 Å². The predicted octanol–water partition coefficient (Wildman–Crippen LogP) is 6.48. The number of nitrogens with one attached hydrogen (secondary N) is 1. The van der Waals surface area contributed by atoms with E-state index in [1.807, 2.05) is 0 Å². The molecule has 0 spiro atoms. The maximum Gasteiger partial charge on any atom is 0.486 e. The van der Waals surface area contributed by atoms with Crippen molar-refractivity contribution in [2.45, 2.75) is 16.6 Å². The van der Waals surface area contributed by atoms with E-state index in [-0.39, 0.29) is 28.1 Å². The van der Waals surface area contributed by atoms with Gasteiger partial charge in [-0.2, -0.15) is 26.3 Å². The number of alkyl halides is 6. The highest BCUT2D eigenvalue weighted by molar-refractivity contribution is 8.00. The van der Waals surface area contributed by atoms with Gasteiger partial charge >= 0.3 is 19.4 Å². The first-order chi connectivity index (χ1) is 12.4. The van der Waals surface area contributed by atoms with Crippen LogP contribution in [-0.4, -0.2) is 18.3 Å². The molecule has 1 N–H and O–H groups in total. The summed E-state index contributed by atoms with van der Waals surface area (Å²) in [6.07, 6.45) is -4.76. The number of benzene rings is 2. The van der Waals surface area contributed by atoms with Crippen molar-refractivity contribution in [2.75, 3.05) is 11.7 Å². The molecular formula is C15H12F6NO3PS. The summed E-state index contributed by atoms with van der Waals surface area (Å²) in [5, 5.41) is 2.19. The third-order valence-electron chi connectivity index (χ3n) is 2.72. The topological polar surface area (TPSA) is 47.6 Å². The van der Waals surface area contributed by atoms with Crippen molar-refractivity contribution in [1.82, 2.24) is 0 Å². The van der Waals surface area contributed by atoms with Crippen molar-refractivity contribution in [1.29, 1.82) is 0 Å². The summed E-state index contributed by atoms with van der Waals surface area (Å²) in [5.41, 5.74) is -4.53. The first-order valence-electron chi connectivity index (χ1n) is 7.14. The Morgan fingerprint density at radius 3 is 2.04 bits per heavy atom. The molecule has 0 amide bonds. The molecule has 0 saturated heterocycles. The Balaban J connectivity index is 2.16. The van der Waals surface area contributed by atoms with Crippen molar-refractivity contribution in [3.05, 3.63) is 54.6 Å². The van der Waals surface area contributed by atoms with E-state index < -0.39 is 26.0 Å². The SMILES string of the molecule is O=[P@](Nc1ccc(SC(F)(F)F)cc1)(OCC(F)(F)F)Oc1ccccc1. The Morgan fingerprint density at radius 1 is 0.926 bits per heavy atom. The minimum Gasteiger partial charge on any atom is -0.409 e. The number of thioether (sulfide) groups is 1. The lowest BCUT2D eigenvalue weighted by Crippen LogP contribution is -2.19. The number of anilines is 1. The highest BCUT2D eigenvalue weighted by Gasteiger charge is 2.36. The number of rotatable bonds is 7. The van der Waals surface area contributed by atoms with Crippen LogP contribution in [0.3, 0.4) is 0 Å². The second kappa shape index (κ2) is 8.45. The minimum atomic E-state index is -4.76. The molecule has 1 atom stereocenters. The molecule has 27 heavy (non-hydrogen) atoms. The zero-order chi connectivity index (χ0) is 20.1. The highest BCUT2D eigenvalue weighted by Crippen LogP contribution is 2.49. The van der Waals surface area contributed by atoms with Crippen LogP contribution in [0.2, 0.25) is 0 Å². The Hall–Kier alpha value is -1.84. The van der Waals surface area contributed by atoms with E-state index in [1.165, 1.54) is 24.3 Å². The lowest BCUT2D eigenvalue weighted by atomic mass is 10.3. The third kappa shape index (κ3) is 8.15. The molecule has 0 bridgehead atoms. The summed E-state index contributed by atoms with van der Waals surface area (Å²) in [7, 11) is -4.51. The van der Waals surface area contributed by atoms with E-state index in [1.54, 1.807) is 6.07 Å². The number of hydrogen-bond donors (Lipinski definition) is 1. The van der Waals surface area contributed by atoms with E-state index in [9.17, 15) is 30.9 Å². The molecule has 148 valence electrons. The average Bonchev–Trinajstić information content (AvgIpc) is 2.54. The molecule has 0 unspecified atom stereocenters. The van der Waals surface area contributed by atoms with Crippen LogP contribution in [0.4, 0.5) is 32.0 Å². The molecule has 0 heterocycles. The number of hydrogen-bond acceptors (Lipinski definition) is 4.